The van der Waals surface area contributed by atoms with Gasteiger partial charge in [-0.2, -0.15) is 0 Å². The number of amides is 1. The van der Waals surface area contributed by atoms with Gasteiger partial charge in [-0.1, -0.05) is 37.2 Å². The summed E-state index contributed by atoms with van der Waals surface area (Å²) >= 11 is 0. The molecule has 25 heavy (non-hydrogen) atoms. The minimum atomic E-state index is -0.748. The summed E-state index contributed by atoms with van der Waals surface area (Å²) in [6.07, 6.45) is 0.281. The maximum Gasteiger partial charge on any atom is 0.292 e. The predicted molar refractivity (Wildman–Crippen MR) is 92.6 cm³/mol. The van der Waals surface area contributed by atoms with E-state index in [9.17, 15) is 9.90 Å². The number of hydrogen-bond acceptors (Lipinski definition) is 5. The summed E-state index contributed by atoms with van der Waals surface area (Å²) < 4.78 is 11.0. The topological polar surface area (TPSA) is 75.8 Å². The highest BCUT2D eigenvalue weighted by Crippen LogP contribution is 2.29. The Balaban J connectivity index is 1.65. The highest BCUT2D eigenvalue weighted by Gasteiger charge is 2.41. The maximum absolute atomic E-state index is 12.6. The first-order valence-electron chi connectivity index (χ1n) is 8.61. The van der Waals surface area contributed by atoms with Gasteiger partial charge in [0.2, 0.25) is 5.76 Å². The van der Waals surface area contributed by atoms with Gasteiger partial charge in [0.1, 0.15) is 18.0 Å². The van der Waals surface area contributed by atoms with Crippen LogP contribution in [0.25, 0.3) is 0 Å². The molecule has 3 rings (SSSR count). The summed E-state index contributed by atoms with van der Waals surface area (Å²) in [6, 6.07) is 10.8. The number of benzene rings is 1. The van der Waals surface area contributed by atoms with Gasteiger partial charge in [0.25, 0.3) is 5.91 Å². The Kier molecular flexibility index (Phi) is 5.08. The van der Waals surface area contributed by atoms with Gasteiger partial charge in [0, 0.05) is 13.1 Å². The Labute approximate surface area is 147 Å². The number of likely N-dealkylation sites (N-methyl/N-ethyl adjacent to an activating group) is 1. The van der Waals surface area contributed by atoms with Crippen LogP contribution < -0.4 is 4.74 Å². The molecule has 1 fully saturated rings. The second kappa shape index (κ2) is 7.27. The fourth-order valence-electron chi connectivity index (χ4n) is 3.14. The molecule has 1 aromatic carbocycles. The molecule has 6 heteroatoms. The van der Waals surface area contributed by atoms with Crippen LogP contribution in [0.5, 0.6) is 5.75 Å². The van der Waals surface area contributed by atoms with Crippen molar-refractivity contribution in [3.63, 3.8) is 0 Å². The van der Waals surface area contributed by atoms with Gasteiger partial charge in [0.05, 0.1) is 11.7 Å². The normalized spacial score (nSPS) is 23.0. The molecular formula is C19H24N2O4. The SMILES string of the molecule is CC(C)c1cc(C(=O)N(C)[C@@H]2CC[C@H](Oc3ccccc3)[C@H]2O)on1. The van der Waals surface area contributed by atoms with Crippen molar-refractivity contribution in [2.75, 3.05) is 7.05 Å². The zero-order valence-electron chi connectivity index (χ0n) is 14.8. The van der Waals surface area contributed by atoms with Crippen LogP contribution in [0.4, 0.5) is 0 Å². The van der Waals surface area contributed by atoms with Gasteiger partial charge >= 0.3 is 0 Å². The van der Waals surface area contributed by atoms with Crippen molar-refractivity contribution in [2.24, 2.45) is 0 Å². The summed E-state index contributed by atoms with van der Waals surface area (Å²) in [5.41, 5.74) is 0.744. The Morgan fingerprint density at radius 2 is 2.04 bits per heavy atom. The first kappa shape index (κ1) is 17.5. The van der Waals surface area contributed by atoms with E-state index in [0.717, 1.165) is 11.4 Å². The number of hydrogen-bond donors (Lipinski definition) is 1. The lowest BCUT2D eigenvalue weighted by molar-refractivity contribution is 0.0153. The Morgan fingerprint density at radius 3 is 2.68 bits per heavy atom. The molecule has 0 aliphatic heterocycles. The standard InChI is InChI=1S/C19H24N2O4/c1-12(2)14-11-17(25-20-14)19(23)21(3)15-9-10-16(18(15)22)24-13-7-5-4-6-8-13/h4-8,11-12,15-16,18,22H,9-10H2,1-3H3/t15-,16+,18+/m1/s1. The van der Waals surface area contributed by atoms with Crippen molar-refractivity contribution in [1.82, 2.24) is 10.1 Å². The Hall–Kier alpha value is -2.34. The Morgan fingerprint density at radius 1 is 1.32 bits per heavy atom. The van der Waals surface area contributed by atoms with Crippen molar-refractivity contribution in [2.45, 2.75) is 50.9 Å². The van der Waals surface area contributed by atoms with Crippen LogP contribution >= 0.6 is 0 Å². The minimum absolute atomic E-state index is 0.191. The van der Waals surface area contributed by atoms with Crippen molar-refractivity contribution in [1.29, 1.82) is 0 Å². The third-order valence-electron chi connectivity index (χ3n) is 4.70. The maximum atomic E-state index is 12.6. The zero-order chi connectivity index (χ0) is 18.0. The zero-order valence-corrected chi connectivity index (χ0v) is 14.8. The number of aromatic nitrogens is 1. The van der Waals surface area contributed by atoms with Gasteiger partial charge in [-0.3, -0.25) is 4.79 Å². The molecule has 1 heterocycles. The summed E-state index contributed by atoms with van der Waals surface area (Å²) in [5, 5.41) is 14.5. The quantitative estimate of drug-likeness (QED) is 0.903. The molecule has 1 aliphatic carbocycles. The lowest BCUT2D eigenvalue weighted by Crippen LogP contribution is -2.45. The lowest BCUT2D eigenvalue weighted by Gasteiger charge is -2.28. The van der Waals surface area contributed by atoms with Gasteiger partial charge in [-0.25, -0.2) is 0 Å². The molecule has 0 saturated heterocycles. The smallest absolute Gasteiger partial charge is 0.292 e. The van der Waals surface area contributed by atoms with E-state index in [2.05, 4.69) is 5.16 Å². The molecule has 1 saturated carbocycles. The number of ether oxygens (including phenoxy) is 1. The largest absolute Gasteiger partial charge is 0.488 e. The number of carbonyl (C=O) groups excluding carboxylic acids is 1. The third kappa shape index (κ3) is 3.69. The van der Waals surface area contributed by atoms with Crippen molar-refractivity contribution in [3.8, 4) is 5.75 Å². The average molecular weight is 344 g/mol. The van der Waals surface area contributed by atoms with E-state index < -0.39 is 6.10 Å². The second-order valence-corrected chi connectivity index (χ2v) is 6.79. The molecule has 1 amide bonds. The predicted octanol–water partition coefficient (Wildman–Crippen LogP) is 2.84. The van der Waals surface area contributed by atoms with Crippen LogP contribution in [0.15, 0.2) is 40.9 Å². The average Bonchev–Trinajstić information content (AvgIpc) is 3.23. The number of aliphatic hydroxyl groups excluding tert-OH is 1. The van der Waals surface area contributed by atoms with E-state index >= 15 is 0 Å². The van der Waals surface area contributed by atoms with Crippen molar-refractivity contribution < 1.29 is 19.2 Å². The van der Waals surface area contributed by atoms with E-state index in [1.807, 2.05) is 44.2 Å². The van der Waals surface area contributed by atoms with E-state index in [-0.39, 0.29) is 29.7 Å². The molecule has 0 bridgehead atoms. The van der Waals surface area contributed by atoms with Gasteiger partial charge in [0.15, 0.2) is 0 Å². The molecule has 0 radical (unpaired) electrons. The molecule has 0 unspecified atom stereocenters. The highest BCUT2D eigenvalue weighted by molar-refractivity contribution is 5.91. The lowest BCUT2D eigenvalue weighted by atomic mass is 10.1. The molecular weight excluding hydrogens is 320 g/mol. The molecule has 3 atom stereocenters. The van der Waals surface area contributed by atoms with Crippen molar-refractivity contribution in [3.05, 3.63) is 47.9 Å². The summed E-state index contributed by atoms with van der Waals surface area (Å²) in [4.78, 5) is 14.1. The monoisotopic (exact) mass is 344 g/mol. The number of carbonyl (C=O) groups is 1. The van der Waals surface area contributed by atoms with Crippen LogP contribution in [-0.2, 0) is 0 Å². The van der Waals surface area contributed by atoms with Crippen LogP contribution in [-0.4, -0.2) is 46.4 Å². The van der Waals surface area contributed by atoms with Gasteiger partial charge in [-0.05, 0) is 30.9 Å². The fourth-order valence-corrected chi connectivity index (χ4v) is 3.14. The Bertz CT molecular complexity index is 713. The fraction of sp³-hybridized carbons (Fsp3) is 0.474. The van der Waals surface area contributed by atoms with E-state index in [4.69, 9.17) is 9.26 Å². The number of aliphatic hydroxyl groups is 1. The minimum Gasteiger partial charge on any atom is -0.488 e. The molecule has 1 aliphatic rings. The number of nitrogens with zero attached hydrogens (tertiary/aromatic N) is 2. The third-order valence-corrected chi connectivity index (χ3v) is 4.70. The summed E-state index contributed by atoms with van der Waals surface area (Å²) in [5.74, 6) is 0.837. The van der Waals surface area contributed by atoms with E-state index in [0.29, 0.717) is 12.8 Å². The number of para-hydroxylation sites is 1. The van der Waals surface area contributed by atoms with Crippen molar-refractivity contribution >= 4 is 5.91 Å². The van der Waals surface area contributed by atoms with Crippen LogP contribution in [0.1, 0.15) is 48.9 Å². The molecule has 0 spiro atoms. The van der Waals surface area contributed by atoms with Crippen LogP contribution in [0, 0.1) is 0 Å². The van der Waals surface area contributed by atoms with Crippen LogP contribution in [0.3, 0.4) is 0 Å². The molecule has 6 nitrogen and oxygen atoms in total. The van der Waals surface area contributed by atoms with E-state index in [1.165, 1.54) is 4.90 Å². The van der Waals surface area contributed by atoms with Gasteiger partial charge in [-0.15, -0.1) is 0 Å². The van der Waals surface area contributed by atoms with Crippen LogP contribution in [0.2, 0.25) is 0 Å². The molecule has 134 valence electrons. The number of rotatable bonds is 5. The first-order valence-corrected chi connectivity index (χ1v) is 8.61. The summed E-state index contributed by atoms with van der Waals surface area (Å²) in [7, 11) is 1.68. The first-order chi connectivity index (χ1) is 12.0. The molecule has 1 aromatic heterocycles. The molecule has 1 N–H and O–H groups in total. The van der Waals surface area contributed by atoms with E-state index in [1.54, 1.807) is 13.1 Å². The molecule has 2 aromatic rings. The second-order valence-electron chi connectivity index (χ2n) is 6.79. The summed E-state index contributed by atoms with van der Waals surface area (Å²) in [6.45, 7) is 3.98. The highest BCUT2D eigenvalue weighted by atomic mass is 16.5. The van der Waals surface area contributed by atoms with Gasteiger partial charge < -0.3 is 19.3 Å².